The average molecular weight is 321 g/mol. The molecule has 7 heteroatoms. The van der Waals surface area contributed by atoms with Crippen molar-refractivity contribution >= 4 is 37.1 Å². The van der Waals surface area contributed by atoms with Crippen LogP contribution in [-0.4, -0.2) is 27.4 Å². The highest BCUT2D eigenvalue weighted by Crippen LogP contribution is 2.29. The first-order valence-corrected chi connectivity index (χ1v) is 7.26. The van der Waals surface area contributed by atoms with Crippen molar-refractivity contribution < 1.29 is 8.42 Å². The molecule has 4 nitrogen and oxygen atoms in total. The van der Waals surface area contributed by atoms with Gasteiger partial charge in [-0.25, -0.2) is 8.42 Å². The lowest BCUT2D eigenvalue weighted by atomic mass is 10.6. The lowest BCUT2D eigenvalue weighted by molar-refractivity contribution is 0.559. The van der Waals surface area contributed by atoms with Crippen LogP contribution in [0.15, 0.2) is 31.2 Å². The van der Waals surface area contributed by atoms with Crippen molar-refractivity contribution in [1.82, 2.24) is 4.90 Å². The topological polar surface area (TPSA) is 61.2 Å². The molecule has 0 saturated carbocycles. The van der Waals surface area contributed by atoms with Gasteiger partial charge < -0.3 is 4.90 Å². The van der Waals surface area contributed by atoms with Crippen molar-refractivity contribution in [3.63, 3.8) is 0 Å². The lowest BCUT2D eigenvalue weighted by Gasteiger charge is -2.06. The second-order valence-corrected chi connectivity index (χ2v) is 7.74. The molecule has 0 N–H and O–H groups in total. The first-order chi connectivity index (χ1) is 7.37. The number of thiophene rings is 1. The third kappa shape index (κ3) is 2.84. The highest BCUT2D eigenvalue weighted by Gasteiger charge is 2.22. The van der Waals surface area contributed by atoms with Gasteiger partial charge in [0.15, 0.2) is 4.91 Å². The maximum Gasteiger partial charge on any atom is 0.227 e. The summed E-state index contributed by atoms with van der Waals surface area (Å²) in [6.45, 7) is 0. The molecule has 0 fully saturated rings. The van der Waals surface area contributed by atoms with E-state index in [0.29, 0.717) is 3.79 Å². The second kappa shape index (κ2) is 4.99. The Labute approximate surface area is 107 Å². The lowest BCUT2D eigenvalue weighted by Crippen LogP contribution is -2.08. The van der Waals surface area contributed by atoms with Crippen LogP contribution in [0.3, 0.4) is 0 Å². The van der Waals surface area contributed by atoms with Crippen LogP contribution in [-0.2, 0) is 9.84 Å². The zero-order chi connectivity index (χ0) is 12.3. The maximum atomic E-state index is 12.0. The van der Waals surface area contributed by atoms with E-state index >= 15 is 0 Å². The van der Waals surface area contributed by atoms with Gasteiger partial charge in [-0.1, -0.05) is 0 Å². The molecule has 0 aliphatic heterocycles. The Kier molecular flexibility index (Phi) is 4.13. The fourth-order valence-electron chi connectivity index (χ4n) is 0.943. The molecule has 0 aliphatic rings. The summed E-state index contributed by atoms with van der Waals surface area (Å²) in [5.41, 5.74) is 0. The molecule has 0 atom stereocenters. The molecule has 1 aromatic heterocycles. The number of nitrogens with zero attached hydrogens (tertiary/aromatic N) is 2. The minimum absolute atomic E-state index is 0.161. The van der Waals surface area contributed by atoms with Crippen LogP contribution >= 0.6 is 27.3 Å². The monoisotopic (exact) mass is 320 g/mol. The molecular weight excluding hydrogens is 312 g/mol. The summed E-state index contributed by atoms with van der Waals surface area (Å²) >= 11 is 4.27. The molecule has 1 rings (SSSR count). The molecule has 16 heavy (non-hydrogen) atoms. The molecule has 0 saturated heterocycles. The van der Waals surface area contributed by atoms with Gasteiger partial charge in [0, 0.05) is 20.3 Å². The molecule has 0 radical (unpaired) electrons. The zero-order valence-electron chi connectivity index (χ0n) is 8.64. The smallest absolute Gasteiger partial charge is 0.227 e. The average Bonchev–Trinajstić information content (AvgIpc) is 2.61. The molecule has 0 aliphatic carbocycles. The molecule has 0 bridgehead atoms. The Morgan fingerprint density at radius 1 is 1.56 bits per heavy atom. The fraction of sp³-hybridized carbons (Fsp3) is 0.222. The molecule has 1 heterocycles. The zero-order valence-corrected chi connectivity index (χ0v) is 11.9. The van der Waals surface area contributed by atoms with Gasteiger partial charge in [0.2, 0.25) is 9.84 Å². The van der Waals surface area contributed by atoms with E-state index in [4.69, 9.17) is 5.26 Å². The number of hydrogen-bond donors (Lipinski definition) is 0. The van der Waals surface area contributed by atoms with Gasteiger partial charge in [-0.15, -0.1) is 11.3 Å². The minimum Gasteiger partial charge on any atom is -0.382 e. The summed E-state index contributed by atoms with van der Waals surface area (Å²) in [5, 5.41) is 8.85. The SMILES string of the molecule is CN(C)/C=C(\C#N)S(=O)(=O)c1ccc(Br)s1. The van der Waals surface area contributed by atoms with E-state index in [9.17, 15) is 8.42 Å². The first-order valence-electron chi connectivity index (χ1n) is 4.16. The van der Waals surface area contributed by atoms with Crippen molar-refractivity contribution in [2.75, 3.05) is 14.1 Å². The molecule has 0 aromatic carbocycles. The highest BCUT2D eigenvalue weighted by atomic mass is 79.9. The molecule has 86 valence electrons. The molecule has 1 aromatic rings. The van der Waals surface area contributed by atoms with Crippen molar-refractivity contribution in [2.24, 2.45) is 0 Å². The summed E-state index contributed by atoms with van der Waals surface area (Å²) in [4.78, 5) is 1.27. The fourth-order valence-corrected chi connectivity index (χ4v) is 4.30. The van der Waals surface area contributed by atoms with Crippen LogP contribution in [0.2, 0.25) is 0 Å². The van der Waals surface area contributed by atoms with E-state index in [2.05, 4.69) is 15.9 Å². The predicted molar refractivity (Wildman–Crippen MR) is 66.6 cm³/mol. The molecular formula is C9H9BrN2O2S2. The van der Waals surface area contributed by atoms with E-state index in [1.807, 2.05) is 0 Å². The van der Waals surface area contributed by atoms with E-state index in [1.54, 1.807) is 26.2 Å². The summed E-state index contributed by atoms with van der Waals surface area (Å²) in [6.07, 6.45) is 1.29. The summed E-state index contributed by atoms with van der Waals surface area (Å²) in [5.74, 6) is 0. The maximum absolute atomic E-state index is 12.0. The summed E-state index contributed by atoms with van der Waals surface area (Å²) in [6, 6.07) is 4.82. The minimum atomic E-state index is -3.68. The Hall–Kier alpha value is -0.840. The third-order valence-corrected chi connectivity index (χ3v) is 5.36. The van der Waals surface area contributed by atoms with Crippen LogP contribution in [0, 0.1) is 11.3 Å². The number of rotatable bonds is 3. The Balaban J connectivity index is 3.27. The van der Waals surface area contributed by atoms with E-state index in [1.165, 1.54) is 17.2 Å². The number of hydrogen-bond acceptors (Lipinski definition) is 5. The third-order valence-electron chi connectivity index (χ3n) is 1.59. The van der Waals surface area contributed by atoms with Crippen LogP contribution in [0.1, 0.15) is 0 Å². The summed E-state index contributed by atoms with van der Waals surface area (Å²) < 4.78 is 24.8. The van der Waals surface area contributed by atoms with Crippen molar-refractivity contribution in [1.29, 1.82) is 5.26 Å². The van der Waals surface area contributed by atoms with Crippen molar-refractivity contribution in [3.8, 4) is 6.07 Å². The van der Waals surface area contributed by atoms with Gasteiger partial charge in [0.05, 0.1) is 3.79 Å². The van der Waals surface area contributed by atoms with Gasteiger partial charge in [0.1, 0.15) is 10.3 Å². The van der Waals surface area contributed by atoms with E-state index in [0.717, 1.165) is 11.3 Å². The number of sulfone groups is 1. The first kappa shape index (κ1) is 13.2. The Morgan fingerprint density at radius 3 is 2.56 bits per heavy atom. The van der Waals surface area contributed by atoms with Gasteiger partial charge in [-0.2, -0.15) is 5.26 Å². The summed E-state index contributed by atoms with van der Waals surface area (Å²) in [7, 11) is -0.351. The van der Waals surface area contributed by atoms with Crippen LogP contribution in [0.25, 0.3) is 0 Å². The van der Waals surface area contributed by atoms with Crippen molar-refractivity contribution in [3.05, 3.63) is 27.0 Å². The molecule has 0 spiro atoms. The largest absolute Gasteiger partial charge is 0.382 e. The standard InChI is InChI=1S/C9H9BrN2O2S2/c1-12(2)6-7(5-11)16(13,14)9-4-3-8(10)15-9/h3-4,6H,1-2H3/b7-6+. The second-order valence-electron chi connectivity index (χ2n) is 3.13. The number of allylic oxidation sites excluding steroid dienone is 1. The van der Waals surface area contributed by atoms with Crippen LogP contribution < -0.4 is 0 Å². The normalized spacial score (nSPS) is 12.2. The number of nitriles is 1. The quantitative estimate of drug-likeness (QED) is 0.801. The number of halogens is 1. The van der Waals surface area contributed by atoms with Crippen LogP contribution in [0.5, 0.6) is 0 Å². The van der Waals surface area contributed by atoms with E-state index < -0.39 is 9.84 Å². The van der Waals surface area contributed by atoms with Gasteiger partial charge >= 0.3 is 0 Å². The Bertz CT molecular complexity index is 552. The van der Waals surface area contributed by atoms with Gasteiger partial charge in [0.25, 0.3) is 0 Å². The van der Waals surface area contributed by atoms with Crippen LogP contribution in [0.4, 0.5) is 0 Å². The molecule has 0 amide bonds. The van der Waals surface area contributed by atoms with Crippen molar-refractivity contribution in [2.45, 2.75) is 4.21 Å². The van der Waals surface area contributed by atoms with Gasteiger partial charge in [-0.05, 0) is 28.1 Å². The Morgan fingerprint density at radius 2 is 2.19 bits per heavy atom. The van der Waals surface area contributed by atoms with Gasteiger partial charge in [-0.3, -0.25) is 0 Å². The molecule has 0 unspecified atom stereocenters. The highest BCUT2D eigenvalue weighted by molar-refractivity contribution is 9.11. The predicted octanol–water partition coefficient (Wildman–Crippen LogP) is 2.21. The van der Waals surface area contributed by atoms with E-state index in [-0.39, 0.29) is 9.11 Å².